The second-order valence-corrected chi connectivity index (χ2v) is 6.58. The lowest BCUT2D eigenvalue weighted by atomic mass is 9.90. The van der Waals surface area contributed by atoms with Gasteiger partial charge in [-0.25, -0.2) is 4.39 Å². The molecule has 7 heteroatoms. The average molecular weight is 347 g/mol. The zero-order valence-corrected chi connectivity index (χ0v) is 14.1. The molecule has 0 radical (unpaired) electrons. The Morgan fingerprint density at radius 1 is 1.20 bits per heavy atom. The number of benzene rings is 1. The second-order valence-electron chi connectivity index (χ2n) is 6.58. The van der Waals surface area contributed by atoms with Crippen LogP contribution in [0.5, 0.6) is 5.75 Å². The van der Waals surface area contributed by atoms with Crippen LogP contribution in [-0.2, 0) is 17.9 Å². The van der Waals surface area contributed by atoms with Crippen molar-refractivity contribution in [1.82, 2.24) is 15.0 Å². The quantitative estimate of drug-likeness (QED) is 0.829. The summed E-state index contributed by atoms with van der Waals surface area (Å²) in [6.45, 7) is 2.50. The highest BCUT2D eigenvalue weighted by atomic mass is 19.1. The molecule has 0 amide bonds. The van der Waals surface area contributed by atoms with E-state index >= 15 is 0 Å². The summed E-state index contributed by atoms with van der Waals surface area (Å²) >= 11 is 0. The Morgan fingerprint density at radius 2 is 2.04 bits per heavy atom. The molecule has 1 aliphatic carbocycles. The van der Waals surface area contributed by atoms with E-state index in [1.54, 1.807) is 12.1 Å². The summed E-state index contributed by atoms with van der Waals surface area (Å²) in [5.74, 6) is 1.38. The first kappa shape index (κ1) is 16.5. The molecule has 0 unspecified atom stereocenters. The smallest absolute Gasteiger partial charge is 0.240 e. The minimum Gasteiger partial charge on any atom is -0.485 e. The lowest BCUT2D eigenvalue weighted by molar-refractivity contribution is -0.0933. The van der Waals surface area contributed by atoms with Gasteiger partial charge in [0.05, 0.1) is 19.3 Å². The largest absolute Gasteiger partial charge is 0.485 e. The number of ether oxygens (including phenoxy) is 2. The van der Waals surface area contributed by atoms with Gasteiger partial charge in [0.15, 0.2) is 6.61 Å². The van der Waals surface area contributed by atoms with Crippen molar-refractivity contribution in [2.45, 2.75) is 51.0 Å². The minimum atomic E-state index is -0.291. The van der Waals surface area contributed by atoms with Crippen LogP contribution in [0, 0.1) is 5.82 Å². The third kappa shape index (κ3) is 3.99. The maximum Gasteiger partial charge on any atom is 0.240 e. The van der Waals surface area contributed by atoms with E-state index < -0.39 is 0 Å². The van der Waals surface area contributed by atoms with Gasteiger partial charge in [0, 0.05) is 12.6 Å². The molecule has 1 saturated carbocycles. The van der Waals surface area contributed by atoms with E-state index in [1.165, 1.54) is 31.4 Å². The zero-order chi connectivity index (χ0) is 17.1. The van der Waals surface area contributed by atoms with E-state index in [9.17, 15) is 4.39 Å². The first-order valence-electron chi connectivity index (χ1n) is 8.83. The average Bonchev–Trinajstić information content (AvgIpc) is 3.09. The summed E-state index contributed by atoms with van der Waals surface area (Å²) < 4.78 is 29.7. The molecule has 2 aliphatic rings. The van der Waals surface area contributed by atoms with Crippen LogP contribution < -0.4 is 4.74 Å². The normalized spacial score (nSPS) is 24.0. The van der Waals surface area contributed by atoms with E-state index in [0.29, 0.717) is 36.2 Å². The molecule has 2 aromatic rings. The van der Waals surface area contributed by atoms with E-state index in [-0.39, 0.29) is 12.4 Å². The van der Waals surface area contributed by atoms with Crippen LogP contribution >= 0.6 is 0 Å². The summed E-state index contributed by atoms with van der Waals surface area (Å²) in [5.41, 5.74) is 0. The topological polar surface area (TPSA) is 60.6 Å². The molecule has 134 valence electrons. The van der Waals surface area contributed by atoms with Gasteiger partial charge in [-0.2, -0.15) is 4.98 Å². The summed E-state index contributed by atoms with van der Waals surface area (Å²) in [7, 11) is 0. The molecule has 0 spiro atoms. The Balaban J connectivity index is 1.33. The van der Waals surface area contributed by atoms with Crippen LogP contribution in [0.3, 0.4) is 0 Å². The minimum absolute atomic E-state index is 0.199. The van der Waals surface area contributed by atoms with Crippen molar-refractivity contribution < 1.29 is 18.4 Å². The summed E-state index contributed by atoms with van der Waals surface area (Å²) in [4.78, 5) is 6.81. The van der Waals surface area contributed by atoms with Crippen molar-refractivity contribution in [3.8, 4) is 5.75 Å². The standard InChI is InChI=1S/C18H22FN3O3/c19-13-5-7-14(8-6-13)24-12-17-20-18(25-21-17)11-22-9-10-23-16-4-2-1-3-15(16)22/h5-8,15-16H,1-4,9-12H2/t15-,16+/m0/s1. The van der Waals surface area contributed by atoms with Crippen molar-refractivity contribution in [3.63, 3.8) is 0 Å². The second kappa shape index (κ2) is 7.49. The Kier molecular flexibility index (Phi) is 4.94. The fourth-order valence-corrected chi connectivity index (χ4v) is 3.64. The van der Waals surface area contributed by atoms with E-state index in [1.807, 2.05) is 0 Å². The van der Waals surface area contributed by atoms with Crippen LogP contribution in [0.25, 0.3) is 0 Å². The van der Waals surface area contributed by atoms with Gasteiger partial charge >= 0.3 is 0 Å². The SMILES string of the molecule is Fc1ccc(OCc2noc(CN3CCO[C@@H]4CCCC[C@@H]43)n2)cc1. The zero-order valence-electron chi connectivity index (χ0n) is 14.1. The van der Waals surface area contributed by atoms with Gasteiger partial charge < -0.3 is 14.0 Å². The van der Waals surface area contributed by atoms with E-state index in [0.717, 1.165) is 19.6 Å². The Hall–Kier alpha value is -1.99. The first-order valence-corrected chi connectivity index (χ1v) is 8.83. The monoisotopic (exact) mass is 347 g/mol. The lowest BCUT2D eigenvalue weighted by Gasteiger charge is -2.43. The van der Waals surface area contributed by atoms with Crippen LogP contribution in [0.2, 0.25) is 0 Å². The van der Waals surface area contributed by atoms with Gasteiger partial charge in [0.25, 0.3) is 0 Å². The summed E-state index contributed by atoms with van der Waals surface area (Å²) in [6.07, 6.45) is 5.15. The molecule has 2 fully saturated rings. The molecule has 1 aromatic heterocycles. The van der Waals surface area contributed by atoms with Crippen LogP contribution in [0.4, 0.5) is 4.39 Å². The highest BCUT2D eigenvalue weighted by molar-refractivity contribution is 5.22. The molecule has 25 heavy (non-hydrogen) atoms. The number of rotatable bonds is 5. The molecule has 1 aromatic carbocycles. The van der Waals surface area contributed by atoms with Crippen molar-refractivity contribution in [1.29, 1.82) is 0 Å². The molecule has 1 saturated heterocycles. The van der Waals surface area contributed by atoms with Gasteiger partial charge in [-0.3, -0.25) is 4.90 Å². The third-order valence-electron chi connectivity index (χ3n) is 4.88. The van der Waals surface area contributed by atoms with Crippen molar-refractivity contribution in [3.05, 3.63) is 41.8 Å². The number of hydrogen-bond acceptors (Lipinski definition) is 6. The van der Waals surface area contributed by atoms with Gasteiger partial charge in [-0.05, 0) is 37.1 Å². The third-order valence-corrected chi connectivity index (χ3v) is 4.88. The summed E-state index contributed by atoms with van der Waals surface area (Å²) in [6, 6.07) is 6.32. The Bertz CT molecular complexity index is 689. The van der Waals surface area contributed by atoms with E-state index in [4.69, 9.17) is 14.0 Å². The Labute approximate surface area is 145 Å². The number of halogens is 1. The molecule has 1 aliphatic heterocycles. The molecular formula is C18H22FN3O3. The van der Waals surface area contributed by atoms with Crippen LogP contribution in [0.15, 0.2) is 28.8 Å². The highest BCUT2D eigenvalue weighted by Crippen LogP contribution is 2.29. The van der Waals surface area contributed by atoms with Crippen LogP contribution in [-0.4, -0.2) is 40.3 Å². The van der Waals surface area contributed by atoms with Crippen molar-refractivity contribution >= 4 is 0 Å². The number of aromatic nitrogens is 2. The molecule has 2 heterocycles. The number of hydrogen-bond donors (Lipinski definition) is 0. The maximum atomic E-state index is 12.9. The number of fused-ring (bicyclic) bond motifs is 1. The van der Waals surface area contributed by atoms with Crippen LogP contribution in [0.1, 0.15) is 37.4 Å². The van der Waals surface area contributed by atoms with Gasteiger partial charge in [0.2, 0.25) is 11.7 Å². The van der Waals surface area contributed by atoms with Crippen molar-refractivity contribution in [2.24, 2.45) is 0 Å². The first-order chi connectivity index (χ1) is 12.3. The van der Waals surface area contributed by atoms with Gasteiger partial charge in [-0.1, -0.05) is 18.0 Å². The molecule has 4 rings (SSSR count). The fourth-order valence-electron chi connectivity index (χ4n) is 3.64. The molecule has 2 atom stereocenters. The highest BCUT2D eigenvalue weighted by Gasteiger charge is 2.34. The molecule has 6 nitrogen and oxygen atoms in total. The molecular weight excluding hydrogens is 325 g/mol. The molecule has 0 N–H and O–H groups in total. The number of nitrogens with zero attached hydrogens (tertiary/aromatic N) is 3. The van der Waals surface area contributed by atoms with Gasteiger partial charge in [0.1, 0.15) is 11.6 Å². The van der Waals surface area contributed by atoms with Crippen molar-refractivity contribution in [2.75, 3.05) is 13.2 Å². The lowest BCUT2D eigenvalue weighted by Crippen LogP contribution is -2.52. The fraction of sp³-hybridized carbons (Fsp3) is 0.556. The predicted molar refractivity (Wildman–Crippen MR) is 87.4 cm³/mol. The maximum absolute atomic E-state index is 12.9. The molecule has 0 bridgehead atoms. The Morgan fingerprint density at radius 3 is 2.92 bits per heavy atom. The van der Waals surface area contributed by atoms with E-state index in [2.05, 4.69) is 15.0 Å². The van der Waals surface area contributed by atoms with Gasteiger partial charge in [-0.15, -0.1) is 0 Å². The summed E-state index contributed by atoms with van der Waals surface area (Å²) in [5, 5.41) is 3.98. The number of morpholine rings is 1. The predicted octanol–water partition coefficient (Wildman–Crippen LogP) is 2.93.